The minimum atomic E-state index is -0.245. The molecule has 136 valence electrons. The first-order chi connectivity index (χ1) is 13.2. The predicted octanol–water partition coefficient (Wildman–Crippen LogP) is 2.87. The molecule has 4 heterocycles. The van der Waals surface area contributed by atoms with E-state index in [9.17, 15) is 4.79 Å². The fraction of sp³-hybridized carbons (Fsp3) is 0.167. The fourth-order valence-corrected chi connectivity index (χ4v) is 3.15. The number of carbonyl (C=O) groups is 1. The van der Waals surface area contributed by atoms with Gasteiger partial charge >= 0.3 is 0 Å². The molecule has 0 bridgehead atoms. The summed E-state index contributed by atoms with van der Waals surface area (Å²) >= 11 is 1.59. The Hall–Kier alpha value is -3.33. The normalized spacial score (nSPS) is 10.9. The molecule has 0 fully saturated rings. The molecule has 0 atom stereocenters. The monoisotopic (exact) mass is 380 g/mol. The summed E-state index contributed by atoms with van der Waals surface area (Å²) in [5.74, 6) is 1.32. The molecule has 0 saturated carbocycles. The third-order valence-corrected chi connectivity index (χ3v) is 4.74. The number of carbonyl (C=O) groups excluding carboxylic acids is 1. The van der Waals surface area contributed by atoms with Gasteiger partial charge in [-0.1, -0.05) is 18.1 Å². The maximum Gasteiger partial charge on any atom is 0.271 e. The summed E-state index contributed by atoms with van der Waals surface area (Å²) in [4.78, 5) is 26.4. The lowest BCUT2D eigenvalue weighted by Gasteiger charge is -2.05. The van der Waals surface area contributed by atoms with E-state index in [1.54, 1.807) is 40.7 Å². The maximum absolute atomic E-state index is 12.3. The number of aromatic nitrogens is 5. The molecule has 0 aromatic carbocycles. The van der Waals surface area contributed by atoms with E-state index in [1.165, 1.54) is 0 Å². The van der Waals surface area contributed by atoms with Crippen molar-refractivity contribution in [2.75, 3.05) is 0 Å². The number of amides is 1. The van der Waals surface area contributed by atoms with E-state index in [2.05, 4.69) is 25.4 Å². The molecule has 4 aromatic heterocycles. The van der Waals surface area contributed by atoms with E-state index in [-0.39, 0.29) is 5.91 Å². The fourth-order valence-electron chi connectivity index (χ4n) is 2.50. The van der Waals surface area contributed by atoms with Gasteiger partial charge in [0.05, 0.1) is 12.1 Å². The van der Waals surface area contributed by atoms with Crippen molar-refractivity contribution in [3.63, 3.8) is 0 Å². The van der Waals surface area contributed by atoms with E-state index in [1.807, 2.05) is 30.5 Å². The zero-order valence-corrected chi connectivity index (χ0v) is 15.3. The van der Waals surface area contributed by atoms with E-state index >= 15 is 0 Å². The van der Waals surface area contributed by atoms with Crippen LogP contribution in [0.2, 0.25) is 0 Å². The predicted molar refractivity (Wildman–Crippen MR) is 99.5 cm³/mol. The Balaban J connectivity index is 1.57. The molecule has 4 rings (SSSR count). The van der Waals surface area contributed by atoms with Crippen molar-refractivity contribution in [3.8, 4) is 17.3 Å². The molecule has 8 nitrogen and oxygen atoms in total. The number of aryl methyl sites for hydroxylation is 1. The van der Waals surface area contributed by atoms with Gasteiger partial charge < -0.3 is 9.84 Å². The number of imidazole rings is 1. The van der Waals surface area contributed by atoms with Crippen molar-refractivity contribution in [2.24, 2.45) is 0 Å². The number of pyridine rings is 1. The number of hydrogen-bond acceptors (Lipinski definition) is 7. The summed E-state index contributed by atoms with van der Waals surface area (Å²) in [6, 6.07) is 7.55. The number of thiophene rings is 1. The van der Waals surface area contributed by atoms with Crippen molar-refractivity contribution in [1.29, 1.82) is 0 Å². The van der Waals surface area contributed by atoms with Crippen molar-refractivity contribution in [1.82, 2.24) is 30.0 Å². The highest BCUT2D eigenvalue weighted by molar-refractivity contribution is 7.09. The maximum atomic E-state index is 12.3. The van der Waals surface area contributed by atoms with Gasteiger partial charge in [0.25, 0.3) is 11.8 Å². The zero-order chi connectivity index (χ0) is 18.6. The third kappa shape index (κ3) is 3.63. The van der Waals surface area contributed by atoms with E-state index < -0.39 is 0 Å². The minimum absolute atomic E-state index is 0.245. The molecule has 4 aromatic rings. The second kappa shape index (κ2) is 7.50. The lowest BCUT2D eigenvalue weighted by Crippen LogP contribution is -2.22. The number of nitrogens with one attached hydrogen (secondary N) is 1. The van der Waals surface area contributed by atoms with Crippen LogP contribution in [-0.2, 0) is 13.0 Å². The number of nitrogens with zero attached hydrogens (tertiary/aromatic N) is 5. The molecule has 0 aliphatic rings. The third-order valence-electron chi connectivity index (χ3n) is 3.86. The molecule has 0 aliphatic heterocycles. The Kier molecular flexibility index (Phi) is 4.75. The van der Waals surface area contributed by atoms with Gasteiger partial charge in [-0.25, -0.2) is 9.97 Å². The molecule has 1 amide bonds. The van der Waals surface area contributed by atoms with Crippen molar-refractivity contribution >= 4 is 17.2 Å². The van der Waals surface area contributed by atoms with Gasteiger partial charge in [-0.2, -0.15) is 4.98 Å². The molecule has 0 unspecified atom stereocenters. The Morgan fingerprint density at radius 3 is 3.00 bits per heavy atom. The molecular weight excluding hydrogens is 364 g/mol. The van der Waals surface area contributed by atoms with Gasteiger partial charge in [-0.15, -0.1) is 11.3 Å². The highest BCUT2D eigenvalue weighted by atomic mass is 32.1. The lowest BCUT2D eigenvalue weighted by atomic mass is 10.2. The van der Waals surface area contributed by atoms with Crippen LogP contribution in [0.4, 0.5) is 0 Å². The van der Waals surface area contributed by atoms with Crippen molar-refractivity contribution in [2.45, 2.75) is 19.9 Å². The minimum Gasteiger partial charge on any atom is -0.346 e. The Bertz CT molecular complexity index is 1050. The summed E-state index contributed by atoms with van der Waals surface area (Å²) in [5, 5.41) is 8.76. The largest absolute Gasteiger partial charge is 0.346 e. The molecule has 27 heavy (non-hydrogen) atoms. The molecule has 0 spiro atoms. The molecular formula is C18H16N6O2S. The quantitative estimate of drug-likeness (QED) is 0.552. The summed E-state index contributed by atoms with van der Waals surface area (Å²) in [7, 11) is 0. The van der Waals surface area contributed by atoms with Crippen LogP contribution in [0.1, 0.15) is 28.1 Å². The van der Waals surface area contributed by atoms with E-state index in [4.69, 9.17) is 4.52 Å². The van der Waals surface area contributed by atoms with Crippen LogP contribution in [0.3, 0.4) is 0 Å². The SMILES string of the molecule is CCc1noc(-c2cccnc2-n2cnc(C(=O)NCc3cccs3)c2)n1. The van der Waals surface area contributed by atoms with Crippen LogP contribution in [-0.4, -0.2) is 30.6 Å². The van der Waals surface area contributed by atoms with Gasteiger partial charge in [0.2, 0.25) is 0 Å². The molecule has 1 N–H and O–H groups in total. The van der Waals surface area contributed by atoms with Crippen LogP contribution in [0.25, 0.3) is 17.3 Å². The van der Waals surface area contributed by atoms with Crippen LogP contribution < -0.4 is 5.32 Å². The topological polar surface area (TPSA) is 98.7 Å². The number of rotatable bonds is 6. The first-order valence-corrected chi connectivity index (χ1v) is 9.25. The summed E-state index contributed by atoms with van der Waals surface area (Å²) in [6.07, 6.45) is 5.51. The second-order valence-electron chi connectivity index (χ2n) is 5.67. The highest BCUT2D eigenvalue weighted by Gasteiger charge is 2.17. The molecule has 9 heteroatoms. The zero-order valence-electron chi connectivity index (χ0n) is 14.5. The molecule has 0 aliphatic carbocycles. The standard InChI is InChI=1S/C18H16N6O2S/c1-2-15-22-18(26-23-15)13-6-3-7-19-16(13)24-10-14(21-11-24)17(25)20-9-12-5-4-8-27-12/h3-8,10-11H,2,9H2,1H3,(H,20,25). The molecule has 0 saturated heterocycles. The molecule has 0 radical (unpaired) electrons. The van der Waals surface area contributed by atoms with Gasteiger partial charge in [0.15, 0.2) is 11.6 Å². The summed E-state index contributed by atoms with van der Waals surface area (Å²) in [6.45, 7) is 2.43. The van der Waals surface area contributed by atoms with Crippen molar-refractivity contribution < 1.29 is 9.32 Å². The van der Waals surface area contributed by atoms with Crippen LogP contribution in [0.15, 0.2) is 52.9 Å². The average molecular weight is 380 g/mol. The first-order valence-electron chi connectivity index (χ1n) is 8.37. The average Bonchev–Trinajstić information content (AvgIpc) is 3.47. The summed E-state index contributed by atoms with van der Waals surface area (Å²) in [5.41, 5.74) is 0.982. The lowest BCUT2D eigenvalue weighted by molar-refractivity contribution is 0.0947. The van der Waals surface area contributed by atoms with Gasteiger partial charge in [-0.05, 0) is 23.6 Å². The Morgan fingerprint density at radius 2 is 2.22 bits per heavy atom. The smallest absolute Gasteiger partial charge is 0.271 e. The Labute approximate surface area is 158 Å². The second-order valence-corrected chi connectivity index (χ2v) is 6.70. The van der Waals surface area contributed by atoms with Crippen molar-refractivity contribution in [3.05, 3.63) is 64.8 Å². The first kappa shape index (κ1) is 17.1. The van der Waals surface area contributed by atoms with Gasteiger partial charge in [0, 0.05) is 23.7 Å². The van der Waals surface area contributed by atoms with E-state index in [0.29, 0.717) is 41.8 Å². The Morgan fingerprint density at radius 1 is 1.30 bits per heavy atom. The van der Waals surface area contributed by atoms with E-state index in [0.717, 1.165) is 4.88 Å². The highest BCUT2D eigenvalue weighted by Crippen LogP contribution is 2.23. The summed E-state index contributed by atoms with van der Waals surface area (Å²) < 4.78 is 7.00. The van der Waals surface area contributed by atoms with Crippen LogP contribution in [0, 0.1) is 0 Å². The van der Waals surface area contributed by atoms with Crippen LogP contribution in [0.5, 0.6) is 0 Å². The van der Waals surface area contributed by atoms with Crippen LogP contribution >= 0.6 is 11.3 Å². The number of hydrogen-bond donors (Lipinski definition) is 1. The van der Waals surface area contributed by atoms with Gasteiger partial charge in [-0.3, -0.25) is 9.36 Å². The van der Waals surface area contributed by atoms with Gasteiger partial charge in [0.1, 0.15) is 12.0 Å².